The predicted octanol–water partition coefficient (Wildman–Crippen LogP) is 2.12. The summed E-state index contributed by atoms with van der Waals surface area (Å²) in [6, 6.07) is 0.779. The van der Waals surface area contributed by atoms with Gasteiger partial charge >= 0.3 is 0 Å². The van der Waals surface area contributed by atoms with Gasteiger partial charge in [0.05, 0.1) is 0 Å². The van der Waals surface area contributed by atoms with Crippen LogP contribution in [-0.4, -0.2) is 39.3 Å². The SMILES string of the molecule is Cc1n[nH]c(=S)n1CCN(C)C1CCCC1. The summed E-state index contributed by atoms with van der Waals surface area (Å²) in [7, 11) is 2.22. The lowest BCUT2D eigenvalue weighted by Crippen LogP contribution is -2.32. The Hall–Kier alpha value is -0.680. The summed E-state index contributed by atoms with van der Waals surface area (Å²) in [6.45, 7) is 3.98. The van der Waals surface area contributed by atoms with E-state index < -0.39 is 0 Å². The molecule has 5 heteroatoms. The van der Waals surface area contributed by atoms with Crippen molar-refractivity contribution in [2.75, 3.05) is 13.6 Å². The van der Waals surface area contributed by atoms with Gasteiger partial charge in [-0.2, -0.15) is 5.10 Å². The first kappa shape index (κ1) is 11.8. The molecule has 1 aromatic rings. The maximum Gasteiger partial charge on any atom is 0.195 e. The minimum atomic E-state index is 0.734. The van der Waals surface area contributed by atoms with Crippen LogP contribution in [0.25, 0.3) is 0 Å². The fourth-order valence-electron chi connectivity index (χ4n) is 2.45. The highest BCUT2D eigenvalue weighted by atomic mass is 32.1. The lowest BCUT2D eigenvalue weighted by Gasteiger charge is -2.24. The zero-order valence-electron chi connectivity index (χ0n) is 10.1. The van der Waals surface area contributed by atoms with E-state index in [0.717, 1.165) is 29.7 Å². The molecule has 1 heterocycles. The lowest BCUT2D eigenvalue weighted by molar-refractivity contribution is 0.235. The minimum absolute atomic E-state index is 0.734. The van der Waals surface area contributed by atoms with Crippen molar-refractivity contribution in [3.05, 3.63) is 10.6 Å². The van der Waals surface area contributed by atoms with Crippen LogP contribution < -0.4 is 0 Å². The number of aromatic nitrogens is 3. The number of nitrogens with zero attached hydrogens (tertiary/aromatic N) is 3. The van der Waals surface area contributed by atoms with Gasteiger partial charge in [-0.1, -0.05) is 12.8 Å². The van der Waals surface area contributed by atoms with E-state index in [2.05, 4.69) is 26.7 Å². The van der Waals surface area contributed by atoms with Crippen molar-refractivity contribution in [2.45, 2.75) is 45.2 Å². The van der Waals surface area contributed by atoms with E-state index in [0.29, 0.717) is 0 Å². The molecule has 0 amide bonds. The van der Waals surface area contributed by atoms with Gasteiger partial charge in [0.15, 0.2) is 4.77 Å². The zero-order valence-corrected chi connectivity index (χ0v) is 10.9. The Bertz CT molecular complexity index is 389. The standard InChI is InChI=1S/C11H20N4S/c1-9-12-13-11(16)15(9)8-7-14(2)10-5-3-4-6-10/h10H,3-8H2,1-2H3,(H,13,16). The van der Waals surface area contributed by atoms with Crippen molar-refractivity contribution in [2.24, 2.45) is 0 Å². The molecule has 0 aliphatic heterocycles. The Morgan fingerprint density at radius 3 is 2.75 bits per heavy atom. The van der Waals surface area contributed by atoms with Crippen molar-refractivity contribution in [1.29, 1.82) is 0 Å². The van der Waals surface area contributed by atoms with Gasteiger partial charge in [-0.15, -0.1) is 0 Å². The van der Waals surface area contributed by atoms with Crippen molar-refractivity contribution in [1.82, 2.24) is 19.7 Å². The molecular weight excluding hydrogens is 220 g/mol. The summed E-state index contributed by atoms with van der Waals surface area (Å²) in [5.41, 5.74) is 0. The second-order valence-corrected chi connectivity index (χ2v) is 5.03. The molecule has 0 saturated heterocycles. The van der Waals surface area contributed by atoms with Crippen molar-refractivity contribution in [3.8, 4) is 0 Å². The topological polar surface area (TPSA) is 36.9 Å². The monoisotopic (exact) mass is 240 g/mol. The fourth-order valence-corrected chi connectivity index (χ4v) is 2.71. The van der Waals surface area contributed by atoms with E-state index in [1.165, 1.54) is 25.7 Å². The molecule has 1 saturated carbocycles. The molecule has 1 aliphatic rings. The molecule has 90 valence electrons. The summed E-state index contributed by atoms with van der Waals surface area (Å²) < 4.78 is 2.80. The highest BCUT2D eigenvalue weighted by Crippen LogP contribution is 2.22. The number of H-pyrrole nitrogens is 1. The van der Waals surface area contributed by atoms with Crippen LogP contribution >= 0.6 is 12.2 Å². The molecule has 2 rings (SSSR count). The predicted molar refractivity (Wildman–Crippen MR) is 67.0 cm³/mol. The van der Waals surface area contributed by atoms with Gasteiger partial charge in [-0.3, -0.25) is 5.10 Å². The Kier molecular flexibility index (Phi) is 3.76. The summed E-state index contributed by atoms with van der Waals surface area (Å²) in [4.78, 5) is 2.46. The Labute approximate surface area is 102 Å². The van der Waals surface area contributed by atoms with Crippen LogP contribution in [0.2, 0.25) is 0 Å². The van der Waals surface area contributed by atoms with E-state index in [-0.39, 0.29) is 0 Å². The average Bonchev–Trinajstić information content (AvgIpc) is 2.87. The molecule has 0 aromatic carbocycles. The number of hydrogen-bond donors (Lipinski definition) is 1. The first-order chi connectivity index (χ1) is 7.68. The smallest absolute Gasteiger partial charge is 0.195 e. The Morgan fingerprint density at radius 2 is 2.19 bits per heavy atom. The number of rotatable bonds is 4. The van der Waals surface area contributed by atoms with Crippen molar-refractivity contribution < 1.29 is 0 Å². The first-order valence-corrected chi connectivity index (χ1v) is 6.41. The number of aryl methyl sites for hydroxylation is 1. The summed E-state index contributed by atoms with van der Waals surface area (Å²) in [5.74, 6) is 0.977. The van der Waals surface area contributed by atoms with Gasteiger partial charge in [-0.05, 0) is 39.0 Å². The number of hydrogen-bond acceptors (Lipinski definition) is 3. The minimum Gasteiger partial charge on any atom is -0.303 e. The maximum absolute atomic E-state index is 5.19. The first-order valence-electron chi connectivity index (χ1n) is 6.00. The molecule has 1 aliphatic carbocycles. The van der Waals surface area contributed by atoms with Gasteiger partial charge in [0.1, 0.15) is 5.82 Å². The highest BCUT2D eigenvalue weighted by Gasteiger charge is 2.19. The molecule has 0 atom stereocenters. The third-order valence-electron chi connectivity index (χ3n) is 3.57. The number of nitrogens with one attached hydrogen (secondary N) is 1. The van der Waals surface area contributed by atoms with Crippen LogP contribution in [0.15, 0.2) is 0 Å². The van der Waals surface area contributed by atoms with Gasteiger partial charge < -0.3 is 9.47 Å². The van der Waals surface area contributed by atoms with Crippen LogP contribution in [-0.2, 0) is 6.54 Å². The lowest BCUT2D eigenvalue weighted by atomic mass is 10.2. The highest BCUT2D eigenvalue weighted by molar-refractivity contribution is 7.71. The average molecular weight is 240 g/mol. The number of likely N-dealkylation sites (N-methyl/N-ethyl adjacent to an activating group) is 1. The van der Waals surface area contributed by atoms with Crippen LogP contribution in [0.3, 0.4) is 0 Å². The third-order valence-corrected chi connectivity index (χ3v) is 3.89. The van der Waals surface area contributed by atoms with Crippen molar-refractivity contribution in [3.63, 3.8) is 0 Å². The van der Waals surface area contributed by atoms with Gasteiger partial charge in [0.2, 0.25) is 0 Å². The maximum atomic E-state index is 5.19. The summed E-state index contributed by atoms with van der Waals surface area (Å²) in [5, 5.41) is 6.95. The quantitative estimate of drug-likeness (QED) is 0.819. The van der Waals surface area contributed by atoms with E-state index in [9.17, 15) is 0 Å². The second-order valence-electron chi connectivity index (χ2n) is 4.65. The molecule has 0 bridgehead atoms. The normalized spacial score (nSPS) is 17.4. The van der Waals surface area contributed by atoms with Gasteiger partial charge in [-0.25, -0.2) is 0 Å². The Balaban J connectivity index is 1.89. The van der Waals surface area contributed by atoms with E-state index in [1.54, 1.807) is 0 Å². The van der Waals surface area contributed by atoms with E-state index >= 15 is 0 Å². The van der Waals surface area contributed by atoms with E-state index in [1.807, 2.05) is 6.92 Å². The van der Waals surface area contributed by atoms with Crippen LogP contribution in [0, 0.1) is 11.7 Å². The van der Waals surface area contributed by atoms with Crippen LogP contribution in [0.5, 0.6) is 0 Å². The van der Waals surface area contributed by atoms with Crippen LogP contribution in [0.4, 0.5) is 0 Å². The van der Waals surface area contributed by atoms with Gasteiger partial charge in [0, 0.05) is 19.1 Å². The molecule has 1 fully saturated rings. The molecule has 0 spiro atoms. The molecule has 0 unspecified atom stereocenters. The summed E-state index contributed by atoms with van der Waals surface area (Å²) in [6.07, 6.45) is 5.48. The molecule has 0 radical (unpaired) electrons. The Morgan fingerprint density at radius 1 is 1.50 bits per heavy atom. The van der Waals surface area contributed by atoms with Crippen LogP contribution in [0.1, 0.15) is 31.5 Å². The van der Waals surface area contributed by atoms with E-state index in [4.69, 9.17) is 12.2 Å². The number of aromatic amines is 1. The fraction of sp³-hybridized carbons (Fsp3) is 0.818. The molecule has 16 heavy (non-hydrogen) atoms. The molecule has 4 nitrogen and oxygen atoms in total. The largest absolute Gasteiger partial charge is 0.303 e. The second kappa shape index (κ2) is 5.10. The molecular formula is C11H20N4S. The molecule has 1 aromatic heterocycles. The van der Waals surface area contributed by atoms with Gasteiger partial charge in [0.25, 0.3) is 0 Å². The third kappa shape index (κ3) is 2.52. The van der Waals surface area contributed by atoms with Crippen molar-refractivity contribution >= 4 is 12.2 Å². The molecule has 1 N–H and O–H groups in total. The summed E-state index contributed by atoms with van der Waals surface area (Å²) >= 11 is 5.19. The zero-order chi connectivity index (χ0) is 11.5.